The smallest absolute Gasteiger partial charge is 0.338 e. The summed E-state index contributed by atoms with van der Waals surface area (Å²) in [4.78, 5) is 24.0. The molecule has 0 aliphatic heterocycles. The minimum atomic E-state index is -0.616. The molecule has 1 aromatic rings. The van der Waals surface area contributed by atoms with Crippen LogP contribution in [0.2, 0.25) is 0 Å². The molecular weight excluding hydrogens is 380 g/mol. The van der Waals surface area contributed by atoms with Crippen molar-refractivity contribution < 1.29 is 24.4 Å². The molecule has 0 saturated heterocycles. The molecule has 1 unspecified atom stereocenters. The number of carbonyl (C=O) groups is 1. The quantitative estimate of drug-likeness (QED) is 0.324. The maximum absolute atomic E-state index is 13.0. The van der Waals surface area contributed by atoms with Crippen LogP contribution in [0.3, 0.4) is 0 Å². The Morgan fingerprint density at radius 3 is 1.67 bits per heavy atom. The van der Waals surface area contributed by atoms with E-state index in [0.29, 0.717) is 12.0 Å². The molecule has 0 aliphatic rings. The fourth-order valence-electron chi connectivity index (χ4n) is 3.15. The average Bonchev–Trinajstić information content (AvgIpc) is 2.49. The summed E-state index contributed by atoms with van der Waals surface area (Å²) in [6.07, 6.45) is 0.103. The highest BCUT2D eigenvalue weighted by atomic mass is 17.2. The number of rotatable bonds is 6. The standard InChI is InChI=1S/C25H42O5/c1-16(15-25(11,12)30-29-24(8,9)10)28-21(27)17-13-18(22(2,3)4)20(26)19(14-17)23(5,6)7/h13-14,16,26H,15H2,1-12H3. The van der Waals surface area contributed by atoms with Gasteiger partial charge in [-0.2, -0.15) is 0 Å². The van der Waals surface area contributed by atoms with Crippen LogP contribution in [0.25, 0.3) is 0 Å². The summed E-state index contributed by atoms with van der Waals surface area (Å²) in [5.74, 6) is -0.167. The summed E-state index contributed by atoms with van der Waals surface area (Å²) in [5.41, 5.74) is 0.246. The van der Waals surface area contributed by atoms with E-state index in [1.807, 2.05) is 83.1 Å². The molecular formula is C25H42O5. The van der Waals surface area contributed by atoms with Crippen molar-refractivity contribution in [1.82, 2.24) is 0 Å². The topological polar surface area (TPSA) is 65.0 Å². The first-order chi connectivity index (χ1) is 13.2. The van der Waals surface area contributed by atoms with Gasteiger partial charge in [0.15, 0.2) is 0 Å². The Balaban J connectivity index is 3.08. The Kier molecular flexibility index (Phi) is 7.82. The van der Waals surface area contributed by atoms with Crippen LogP contribution >= 0.6 is 0 Å². The van der Waals surface area contributed by atoms with E-state index in [4.69, 9.17) is 14.5 Å². The third kappa shape index (κ3) is 7.92. The van der Waals surface area contributed by atoms with Gasteiger partial charge in [-0.3, -0.25) is 0 Å². The van der Waals surface area contributed by atoms with Crippen molar-refractivity contribution in [3.05, 3.63) is 28.8 Å². The number of hydrogen-bond donors (Lipinski definition) is 1. The maximum atomic E-state index is 13.0. The number of esters is 1. The molecule has 0 amide bonds. The van der Waals surface area contributed by atoms with Gasteiger partial charge in [-0.15, -0.1) is 0 Å². The van der Waals surface area contributed by atoms with Gasteiger partial charge in [-0.1, -0.05) is 41.5 Å². The number of phenols is 1. The summed E-state index contributed by atoms with van der Waals surface area (Å²) < 4.78 is 5.72. The molecule has 5 heteroatoms. The molecule has 0 aliphatic carbocycles. The van der Waals surface area contributed by atoms with Gasteiger partial charge >= 0.3 is 5.97 Å². The molecule has 172 valence electrons. The second kappa shape index (κ2) is 8.88. The van der Waals surface area contributed by atoms with E-state index in [0.717, 1.165) is 11.1 Å². The van der Waals surface area contributed by atoms with E-state index >= 15 is 0 Å². The Morgan fingerprint density at radius 1 is 0.867 bits per heavy atom. The third-order valence-electron chi connectivity index (χ3n) is 4.57. The first-order valence-corrected chi connectivity index (χ1v) is 10.7. The van der Waals surface area contributed by atoms with Gasteiger partial charge < -0.3 is 9.84 Å². The highest BCUT2D eigenvalue weighted by molar-refractivity contribution is 5.90. The zero-order valence-corrected chi connectivity index (χ0v) is 21.0. The molecule has 5 nitrogen and oxygen atoms in total. The lowest BCUT2D eigenvalue weighted by Crippen LogP contribution is -2.34. The largest absolute Gasteiger partial charge is 0.507 e. The van der Waals surface area contributed by atoms with Gasteiger partial charge in [0.2, 0.25) is 0 Å². The molecule has 0 bridgehead atoms. The lowest BCUT2D eigenvalue weighted by atomic mass is 9.78. The Morgan fingerprint density at radius 2 is 1.30 bits per heavy atom. The fraction of sp³-hybridized carbons (Fsp3) is 0.720. The fourth-order valence-corrected chi connectivity index (χ4v) is 3.15. The van der Waals surface area contributed by atoms with Gasteiger partial charge in [0.1, 0.15) is 17.5 Å². The van der Waals surface area contributed by atoms with Crippen LogP contribution in [0.15, 0.2) is 12.1 Å². The predicted molar refractivity (Wildman–Crippen MR) is 121 cm³/mol. The molecule has 0 saturated carbocycles. The van der Waals surface area contributed by atoms with E-state index in [2.05, 4.69) is 0 Å². The van der Waals surface area contributed by atoms with Crippen LogP contribution < -0.4 is 0 Å². The van der Waals surface area contributed by atoms with E-state index in [1.165, 1.54) is 0 Å². The minimum Gasteiger partial charge on any atom is -0.507 e. The van der Waals surface area contributed by atoms with Gasteiger partial charge in [-0.05, 0) is 64.5 Å². The zero-order valence-electron chi connectivity index (χ0n) is 21.0. The lowest BCUT2D eigenvalue weighted by molar-refractivity contribution is -0.399. The Labute approximate surface area is 183 Å². The molecule has 0 radical (unpaired) electrons. The van der Waals surface area contributed by atoms with Crippen LogP contribution in [0, 0.1) is 0 Å². The summed E-state index contributed by atoms with van der Waals surface area (Å²) in [6, 6.07) is 3.48. The van der Waals surface area contributed by atoms with Crippen molar-refractivity contribution in [2.45, 2.75) is 118 Å². The summed E-state index contributed by atoms with van der Waals surface area (Å²) in [6.45, 7) is 23.5. The maximum Gasteiger partial charge on any atom is 0.338 e. The third-order valence-corrected chi connectivity index (χ3v) is 4.57. The first kappa shape index (κ1) is 26.4. The number of phenolic OH excluding ortho intramolecular Hbond substituents is 1. The molecule has 0 aromatic heterocycles. The van der Waals surface area contributed by atoms with Gasteiger partial charge in [0, 0.05) is 17.5 Å². The van der Waals surface area contributed by atoms with Gasteiger partial charge in [-0.25, -0.2) is 14.6 Å². The lowest BCUT2D eigenvalue weighted by Gasteiger charge is -2.30. The number of carbonyl (C=O) groups excluding carboxylic acids is 1. The molecule has 1 N–H and O–H groups in total. The Hall–Kier alpha value is -1.59. The second-order valence-corrected chi connectivity index (χ2v) is 11.9. The van der Waals surface area contributed by atoms with E-state index in [1.54, 1.807) is 12.1 Å². The predicted octanol–water partition coefficient (Wildman–Crippen LogP) is 6.45. The first-order valence-electron chi connectivity index (χ1n) is 10.7. The second-order valence-electron chi connectivity index (χ2n) is 11.9. The molecule has 0 heterocycles. The van der Waals surface area contributed by atoms with Crippen molar-refractivity contribution in [1.29, 1.82) is 0 Å². The van der Waals surface area contributed by atoms with Crippen molar-refractivity contribution >= 4 is 5.97 Å². The monoisotopic (exact) mass is 422 g/mol. The van der Waals surface area contributed by atoms with Crippen LogP contribution in [0.1, 0.15) is 111 Å². The molecule has 0 spiro atoms. The summed E-state index contributed by atoms with van der Waals surface area (Å²) >= 11 is 0. The van der Waals surface area contributed by atoms with Crippen molar-refractivity contribution in [2.24, 2.45) is 0 Å². The SMILES string of the molecule is CC(CC(C)(C)OOC(C)(C)C)OC(=O)c1cc(C(C)(C)C)c(O)c(C(C)(C)C)c1. The minimum absolute atomic E-state index is 0.244. The average molecular weight is 423 g/mol. The van der Waals surface area contributed by atoms with Gasteiger partial charge in [0.05, 0.1) is 11.2 Å². The van der Waals surface area contributed by atoms with E-state index in [9.17, 15) is 9.90 Å². The highest BCUT2D eigenvalue weighted by Crippen LogP contribution is 2.40. The normalized spacial score (nSPS) is 14.5. The Bertz CT molecular complexity index is 707. The van der Waals surface area contributed by atoms with Crippen molar-refractivity contribution in [3.63, 3.8) is 0 Å². The number of aromatic hydroxyl groups is 1. The molecule has 1 atom stereocenters. The highest BCUT2D eigenvalue weighted by Gasteiger charge is 2.30. The number of ether oxygens (including phenoxy) is 1. The number of hydrogen-bond acceptors (Lipinski definition) is 5. The van der Waals surface area contributed by atoms with Crippen LogP contribution in [0.5, 0.6) is 5.75 Å². The van der Waals surface area contributed by atoms with E-state index < -0.39 is 17.2 Å². The van der Waals surface area contributed by atoms with Crippen LogP contribution in [-0.2, 0) is 25.3 Å². The van der Waals surface area contributed by atoms with Crippen molar-refractivity contribution in [2.75, 3.05) is 0 Å². The van der Waals surface area contributed by atoms with E-state index in [-0.39, 0.29) is 22.7 Å². The van der Waals surface area contributed by atoms with Crippen LogP contribution in [-0.4, -0.2) is 28.4 Å². The summed E-state index contributed by atoms with van der Waals surface area (Å²) in [7, 11) is 0. The number of benzene rings is 1. The van der Waals surface area contributed by atoms with Gasteiger partial charge in [0.25, 0.3) is 0 Å². The zero-order chi connectivity index (χ0) is 23.7. The van der Waals surface area contributed by atoms with Crippen molar-refractivity contribution in [3.8, 4) is 5.75 Å². The van der Waals surface area contributed by atoms with Crippen LogP contribution in [0.4, 0.5) is 0 Å². The molecule has 30 heavy (non-hydrogen) atoms. The molecule has 1 aromatic carbocycles. The molecule has 1 rings (SSSR count). The summed E-state index contributed by atoms with van der Waals surface area (Å²) in [5, 5.41) is 10.8. The molecule has 0 fully saturated rings.